The normalized spacial score (nSPS) is 10.3. The Morgan fingerprint density at radius 1 is 1.04 bits per heavy atom. The second-order valence-corrected chi connectivity index (χ2v) is 5.96. The number of aryl methyl sites for hydroxylation is 2. The van der Waals surface area contributed by atoms with E-state index < -0.39 is 17.8 Å². The fraction of sp³-hybridized carbons (Fsp3) is 0.250. The second kappa shape index (κ2) is 7.82. The van der Waals surface area contributed by atoms with E-state index in [2.05, 4.69) is 5.32 Å². The maximum atomic E-state index is 12.8. The second-order valence-electron chi connectivity index (χ2n) is 5.96. The molecule has 0 aromatic heterocycles. The van der Waals surface area contributed by atoms with Crippen molar-refractivity contribution >= 4 is 23.5 Å². The molecule has 0 aliphatic rings. The van der Waals surface area contributed by atoms with Gasteiger partial charge in [0.2, 0.25) is 0 Å². The minimum Gasteiger partial charge on any atom is -0.478 e. The number of carbonyl (C=O) groups is 3. The maximum absolute atomic E-state index is 12.8. The number of ether oxygens (including phenoxy) is 1. The Kier molecular flexibility index (Phi) is 5.77. The van der Waals surface area contributed by atoms with Crippen LogP contribution >= 0.6 is 0 Å². The number of benzene rings is 2. The summed E-state index contributed by atoms with van der Waals surface area (Å²) in [6, 6.07) is 8.44. The molecule has 0 aliphatic heterocycles. The molecule has 0 saturated heterocycles. The van der Waals surface area contributed by atoms with Crippen LogP contribution in [0, 0.1) is 20.8 Å². The lowest BCUT2D eigenvalue weighted by Crippen LogP contribution is -2.21. The molecule has 2 rings (SSSR count). The van der Waals surface area contributed by atoms with Crippen LogP contribution in [0.4, 0.5) is 5.69 Å². The number of carbonyl (C=O) groups excluding carboxylic acids is 2. The zero-order valence-electron chi connectivity index (χ0n) is 15.2. The highest BCUT2D eigenvalue weighted by atomic mass is 16.5. The molecule has 0 unspecified atom stereocenters. The number of amides is 1. The lowest BCUT2D eigenvalue weighted by molar-refractivity contribution is 0.0523. The van der Waals surface area contributed by atoms with Gasteiger partial charge in [0.1, 0.15) is 0 Å². The number of hydrogen-bond acceptors (Lipinski definition) is 4. The lowest BCUT2D eigenvalue weighted by atomic mass is 9.92. The molecule has 2 aromatic carbocycles. The molecule has 0 spiro atoms. The van der Waals surface area contributed by atoms with E-state index in [0.29, 0.717) is 11.3 Å². The van der Waals surface area contributed by atoms with Gasteiger partial charge in [-0.3, -0.25) is 4.79 Å². The molecule has 2 N–H and O–H groups in total. The Morgan fingerprint density at radius 2 is 1.65 bits per heavy atom. The number of rotatable bonds is 5. The molecule has 0 fully saturated rings. The fourth-order valence-corrected chi connectivity index (χ4v) is 2.79. The van der Waals surface area contributed by atoms with E-state index in [1.54, 1.807) is 32.9 Å². The molecular formula is C20H21NO5. The molecule has 0 heterocycles. The molecule has 26 heavy (non-hydrogen) atoms. The summed E-state index contributed by atoms with van der Waals surface area (Å²) >= 11 is 0. The van der Waals surface area contributed by atoms with Gasteiger partial charge in [0.15, 0.2) is 0 Å². The van der Waals surface area contributed by atoms with Crippen LogP contribution in [-0.4, -0.2) is 29.6 Å². The van der Waals surface area contributed by atoms with Crippen molar-refractivity contribution in [3.63, 3.8) is 0 Å². The largest absolute Gasteiger partial charge is 0.478 e. The van der Waals surface area contributed by atoms with Gasteiger partial charge in [-0.2, -0.15) is 0 Å². The third kappa shape index (κ3) is 3.91. The molecule has 1 amide bonds. The van der Waals surface area contributed by atoms with Crippen LogP contribution in [0.2, 0.25) is 0 Å². The van der Waals surface area contributed by atoms with E-state index >= 15 is 0 Å². The standard InChI is InChI=1S/C20H21NO5/c1-5-26-20(25)16-12(3)10-15(19(23)24)17(13(16)4)18(22)21-14-8-6-11(2)7-9-14/h6-10H,5H2,1-4H3,(H,21,22)(H,23,24). The molecule has 0 aliphatic carbocycles. The number of esters is 1. The van der Waals surface area contributed by atoms with Gasteiger partial charge < -0.3 is 15.2 Å². The van der Waals surface area contributed by atoms with Crippen LogP contribution < -0.4 is 5.32 Å². The smallest absolute Gasteiger partial charge is 0.338 e. The molecular weight excluding hydrogens is 334 g/mol. The summed E-state index contributed by atoms with van der Waals surface area (Å²) in [5.74, 6) is -2.40. The Bertz CT molecular complexity index is 869. The zero-order valence-corrected chi connectivity index (χ0v) is 15.2. The SMILES string of the molecule is CCOC(=O)c1c(C)cc(C(=O)O)c(C(=O)Nc2ccc(C)cc2)c1C. The minimum absolute atomic E-state index is 0.0493. The van der Waals surface area contributed by atoms with Gasteiger partial charge in [0, 0.05) is 5.69 Å². The molecule has 0 radical (unpaired) electrons. The van der Waals surface area contributed by atoms with Crippen molar-refractivity contribution in [2.24, 2.45) is 0 Å². The summed E-state index contributed by atoms with van der Waals surface area (Å²) in [6.45, 7) is 6.95. The first kappa shape index (κ1) is 19.2. The van der Waals surface area contributed by atoms with E-state index in [4.69, 9.17) is 4.74 Å². The highest BCUT2D eigenvalue weighted by molar-refractivity contribution is 6.13. The molecule has 2 aromatic rings. The van der Waals surface area contributed by atoms with Crippen molar-refractivity contribution < 1.29 is 24.2 Å². The third-order valence-electron chi connectivity index (χ3n) is 4.02. The van der Waals surface area contributed by atoms with Crippen LogP contribution in [0.3, 0.4) is 0 Å². The van der Waals surface area contributed by atoms with E-state index in [-0.39, 0.29) is 28.9 Å². The maximum Gasteiger partial charge on any atom is 0.338 e. The average molecular weight is 355 g/mol. The number of nitrogens with one attached hydrogen (secondary N) is 1. The van der Waals surface area contributed by atoms with Crippen LogP contribution in [0.15, 0.2) is 30.3 Å². The predicted octanol–water partition coefficient (Wildman–Crippen LogP) is 3.74. The summed E-state index contributed by atoms with van der Waals surface area (Å²) in [5, 5.41) is 12.2. The number of carboxylic acids is 1. The Hall–Kier alpha value is -3.15. The van der Waals surface area contributed by atoms with Crippen molar-refractivity contribution in [3.8, 4) is 0 Å². The highest BCUT2D eigenvalue weighted by Gasteiger charge is 2.26. The number of hydrogen-bond donors (Lipinski definition) is 2. The van der Waals surface area contributed by atoms with E-state index in [1.165, 1.54) is 6.07 Å². The first-order chi connectivity index (χ1) is 12.3. The Morgan fingerprint density at radius 3 is 2.19 bits per heavy atom. The van der Waals surface area contributed by atoms with Gasteiger partial charge in [-0.1, -0.05) is 17.7 Å². The van der Waals surface area contributed by atoms with Crippen molar-refractivity contribution in [3.05, 3.63) is 63.7 Å². The van der Waals surface area contributed by atoms with Gasteiger partial charge in [-0.05, 0) is 57.0 Å². The number of aromatic carboxylic acids is 1. The highest BCUT2D eigenvalue weighted by Crippen LogP contribution is 2.25. The molecule has 6 heteroatoms. The minimum atomic E-state index is -1.24. The first-order valence-corrected chi connectivity index (χ1v) is 8.18. The van der Waals surface area contributed by atoms with E-state index in [0.717, 1.165) is 5.56 Å². The average Bonchev–Trinajstić information content (AvgIpc) is 2.56. The monoisotopic (exact) mass is 355 g/mol. The van der Waals surface area contributed by atoms with Crippen LogP contribution in [0.25, 0.3) is 0 Å². The third-order valence-corrected chi connectivity index (χ3v) is 4.02. The number of anilines is 1. The van der Waals surface area contributed by atoms with Crippen molar-refractivity contribution in [2.45, 2.75) is 27.7 Å². The van der Waals surface area contributed by atoms with Gasteiger partial charge in [-0.15, -0.1) is 0 Å². The van der Waals surface area contributed by atoms with E-state index in [1.807, 2.05) is 19.1 Å². The summed E-state index contributed by atoms with van der Waals surface area (Å²) in [4.78, 5) is 36.6. The topological polar surface area (TPSA) is 92.7 Å². The van der Waals surface area contributed by atoms with Gasteiger partial charge in [0.05, 0.1) is 23.3 Å². The van der Waals surface area contributed by atoms with Crippen molar-refractivity contribution in [1.82, 2.24) is 0 Å². The molecule has 6 nitrogen and oxygen atoms in total. The van der Waals surface area contributed by atoms with Crippen molar-refractivity contribution in [2.75, 3.05) is 11.9 Å². The fourth-order valence-electron chi connectivity index (χ4n) is 2.79. The zero-order chi connectivity index (χ0) is 19.4. The van der Waals surface area contributed by atoms with Crippen LogP contribution in [-0.2, 0) is 4.74 Å². The van der Waals surface area contributed by atoms with Crippen molar-refractivity contribution in [1.29, 1.82) is 0 Å². The van der Waals surface area contributed by atoms with Gasteiger partial charge in [0.25, 0.3) is 5.91 Å². The Balaban J connectivity index is 2.55. The molecule has 0 saturated carbocycles. The molecule has 0 atom stereocenters. The number of carboxylic acid groups (broad SMARTS) is 1. The summed E-state index contributed by atoms with van der Waals surface area (Å²) in [5.41, 5.74) is 2.31. The molecule has 136 valence electrons. The predicted molar refractivity (Wildman–Crippen MR) is 98.0 cm³/mol. The van der Waals surface area contributed by atoms with Crippen LogP contribution in [0.5, 0.6) is 0 Å². The first-order valence-electron chi connectivity index (χ1n) is 8.18. The molecule has 0 bridgehead atoms. The summed E-state index contributed by atoms with van der Waals surface area (Å²) in [6.07, 6.45) is 0. The lowest BCUT2D eigenvalue weighted by Gasteiger charge is -2.16. The quantitative estimate of drug-likeness (QED) is 0.797. The van der Waals surface area contributed by atoms with E-state index in [9.17, 15) is 19.5 Å². The summed E-state index contributed by atoms with van der Waals surface area (Å²) in [7, 11) is 0. The van der Waals surface area contributed by atoms with Gasteiger partial charge >= 0.3 is 11.9 Å². The Labute approximate surface area is 151 Å². The van der Waals surface area contributed by atoms with Gasteiger partial charge in [-0.25, -0.2) is 9.59 Å². The van der Waals surface area contributed by atoms with Crippen LogP contribution in [0.1, 0.15) is 54.7 Å². The summed E-state index contributed by atoms with van der Waals surface area (Å²) < 4.78 is 5.04.